The summed E-state index contributed by atoms with van der Waals surface area (Å²) in [7, 11) is 1.57. The molecular formula is C21H23F3N2O. The van der Waals surface area contributed by atoms with Gasteiger partial charge in [-0.25, -0.2) is 0 Å². The predicted molar refractivity (Wildman–Crippen MR) is 101 cm³/mol. The Balaban J connectivity index is 2.08. The molecule has 0 fully saturated rings. The van der Waals surface area contributed by atoms with E-state index in [1.807, 2.05) is 16.8 Å². The van der Waals surface area contributed by atoms with E-state index in [0.29, 0.717) is 17.2 Å². The van der Waals surface area contributed by atoms with Crippen molar-refractivity contribution >= 4 is 10.9 Å². The molecule has 0 spiro atoms. The largest absolute Gasteiger partial charge is 0.495 e. The second kappa shape index (κ2) is 7.25. The van der Waals surface area contributed by atoms with E-state index in [4.69, 9.17) is 4.74 Å². The third-order valence-corrected chi connectivity index (χ3v) is 4.74. The van der Waals surface area contributed by atoms with Gasteiger partial charge in [0.1, 0.15) is 5.75 Å². The van der Waals surface area contributed by atoms with E-state index in [0.717, 1.165) is 41.1 Å². The van der Waals surface area contributed by atoms with Gasteiger partial charge in [-0.3, -0.25) is 4.68 Å². The molecule has 0 bridgehead atoms. The summed E-state index contributed by atoms with van der Waals surface area (Å²) in [4.78, 5) is 0. The first kappa shape index (κ1) is 19.3. The van der Waals surface area contributed by atoms with E-state index in [9.17, 15) is 13.2 Å². The van der Waals surface area contributed by atoms with Gasteiger partial charge in [0.05, 0.1) is 29.8 Å². The molecule has 1 aromatic heterocycles. The first-order valence-electron chi connectivity index (χ1n) is 8.93. The van der Waals surface area contributed by atoms with Crippen LogP contribution in [0.15, 0.2) is 36.5 Å². The molecule has 0 atom stereocenters. The molecule has 3 rings (SSSR count). The van der Waals surface area contributed by atoms with Crippen molar-refractivity contribution in [2.45, 2.75) is 39.9 Å². The number of ether oxygens (including phenoxy) is 1. The minimum Gasteiger partial charge on any atom is -0.495 e. The highest BCUT2D eigenvalue weighted by Gasteiger charge is 2.31. The zero-order valence-electron chi connectivity index (χ0n) is 15.9. The van der Waals surface area contributed by atoms with Gasteiger partial charge in [0, 0.05) is 12.1 Å². The molecule has 0 aliphatic heterocycles. The fourth-order valence-corrected chi connectivity index (χ4v) is 3.26. The molecule has 3 nitrogen and oxygen atoms in total. The number of halogens is 3. The first-order chi connectivity index (χ1) is 12.7. The average molecular weight is 376 g/mol. The smallest absolute Gasteiger partial charge is 0.416 e. The number of alkyl halides is 3. The Hall–Kier alpha value is -2.50. The Morgan fingerprint density at radius 1 is 1.11 bits per heavy atom. The molecule has 0 unspecified atom stereocenters. The molecule has 27 heavy (non-hydrogen) atoms. The summed E-state index contributed by atoms with van der Waals surface area (Å²) in [6, 6.07) is 7.63. The van der Waals surface area contributed by atoms with Gasteiger partial charge < -0.3 is 4.74 Å². The van der Waals surface area contributed by atoms with E-state index in [-0.39, 0.29) is 0 Å². The molecule has 0 radical (unpaired) electrons. The minimum atomic E-state index is -4.35. The normalized spacial score (nSPS) is 12.1. The van der Waals surface area contributed by atoms with Crippen LogP contribution in [0, 0.1) is 12.8 Å². The third-order valence-electron chi connectivity index (χ3n) is 4.74. The number of methoxy groups -OCH3 is 1. The summed E-state index contributed by atoms with van der Waals surface area (Å²) in [6.07, 6.45) is -1.58. The van der Waals surface area contributed by atoms with Crippen LogP contribution in [-0.2, 0) is 12.7 Å². The lowest BCUT2D eigenvalue weighted by atomic mass is 9.96. The molecule has 1 heterocycles. The summed E-state index contributed by atoms with van der Waals surface area (Å²) in [5.41, 5.74) is 2.34. The monoisotopic (exact) mass is 376 g/mol. The lowest BCUT2D eigenvalue weighted by molar-refractivity contribution is -0.137. The average Bonchev–Trinajstić information content (AvgIpc) is 3.01. The van der Waals surface area contributed by atoms with E-state index in [1.165, 1.54) is 12.1 Å². The highest BCUT2D eigenvalue weighted by molar-refractivity contribution is 5.93. The Bertz CT molecular complexity index is 958. The predicted octanol–water partition coefficient (Wildman–Crippen LogP) is 6.09. The molecule has 0 aliphatic rings. The van der Waals surface area contributed by atoms with Crippen LogP contribution in [0.25, 0.3) is 22.0 Å². The Labute approximate surface area is 156 Å². The standard InChI is InChI=1S/C21H23F3N2O/c1-13(2)9-10-26-19-8-7-17(20(27-4)18(19)12-25-26)16-6-5-15(11-14(16)3)21(22,23)24/h5-8,11-13H,9-10H2,1-4H3. The lowest BCUT2D eigenvalue weighted by Gasteiger charge is -2.15. The van der Waals surface area contributed by atoms with Gasteiger partial charge in [-0.1, -0.05) is 19.9 Å². The molecule has 2 aromatic carbocycles. The molecule has 0 aliphatic carbocycles. The van der Waals surface area contributed by atoms with Crippen molar-refractivity contribution in [3.63, 3.8) is 0 Å². The van der Waals surface area contributed by atoms with E-state index < -0.39 is 11.7 Å². The third kappa shape index (κ3) is 3.80. The van der Waals surface area contributed by atoms with Crippen molar-refractivity contribution < 1.29 is 17.9 Å². The maximum absolute atomic E-state index is 13.0. The number of hydrogen-bond acceptors (Lipinski definition) is 2. The molecule has 6 heteroatoms. The van der Waals surface area contributed by atoms with Crippen LogP contribution in [-0.4, -0.2) is 16.9 Å². The van der Waals surface area contributed by atoms with Crippen molar-refractivity contribution in [3.05, 3.63) is 47.7 Å². The Morgan fingerprint density at radius 2 is 1.81 bits per heavy atom. The van der Waals surface area contributed by atoms with E-state index >= 15 is 0 Å². The summed E-state index contributed by atoms with van der Waals surface area (Å²) in [5.74, 6) is 1.20. The molecule has 0 amide bonds. The summed E-state index contributed by atoms with van der Waals surface area (Å²) in [5, 5.41) is 5.33. The molecule has 144 valence electrons. The van der Waals surface area contributed by atoms with E-state index in [2.05, 4.69) is 18.9 Å². The van der Waals surface area contributed by atoms with Gasteiger partial charge in [-0.05, 0) is 54.7 Å². The molecule has 0 saturated heterocycles. The highest BCUT2D eigenvalue weighted by atomic mass is 19.4. The summed E-state index contributed by atoms with van der Waals surface area (Å²) >= 11 is 0. The van der Waals surface area contributed by atoms with Crippen LogP contribution in [0.1, 0.15) is 31.4 Å². The van der Waals surface area contributed by atoms with Gasteiger partial charge in [-0.2, -0.15) is 18.3 Å². The SMILES string of the molecule is COc1c(-c2ccc(C(F)(F)F)cc2C)ccc2c1cnn2CCC(C)C. The maximum Gasteiger partial charge on any atom is 0.416 e. The zero-order chi connectivity index (χ0) is 19.8. The van der Waals surface area contributed by atoms with Crippen molar-refractivity contribution in [2.75, 3.05) is 7.11 Å². The van der Waals surface area contributed by atoms with Crippen LogP contribution < -0.4 is 4.74 Å². The number of benzene rings is 2. The van der Waals surface area contributed by atoms with Crippen molar-refractivity contribution in [2.24, 2.45) is 5.92 Å². The van der Waals surface area contributed by atoms with Crippen LogP contribution in [0.3, 0.4) is 0 Å². The second-order valence-electron chi connectivity index (χ2n) is 7.16. The van der Waals surface area contributed by atoms with Gasteiger partial charge >= 0.3 is 6.18 Å². The fraction of sp³-hybridized carbons (Fsp3) is 0.381. The number of aromatic nitrogens is 2. The number of rotatable bonds is 5. The van der Waals surface area contributed by atoms with Crippen molar-refractivity contribution in [3.8, 4) is 16.9 Å². The molecule has 0 N–H and O–H groups in total. The first-order valence-corrected chi connectivity index (χ1v) is 8.93. The summed E-state index contributed by atoms with van der Waals surface area (Å²) in [6.45, 7) is 6.82. The van der Waals surface area contributed by atoms with Crippen molar-refractivity contribution in [1.82, 2.24) is 9.78 Å². The zero-order valence-corrected chi connectivity index (χ0v) is 15.9. The fourth-order valence-electron chi connectivity index (χ4n) is 3.26. The van der Waals surface area contributed by atoms with Gasteiger partial charge in [0.2, 0.25) is 0 Å². The number of aryl methyl sites for hydroxylation is 2. The van der Waals surface area contributed by atoms with Crippen molar-refractivity contribution in [1.29, 1.82) is 0 Å². The number of hydrogen-bond donors (Lipinski definition) is 0. The summed E-state index contributed by atoms with van der Waals surface area (Å²) < 4.78 is 46.4. The number of fused-ring (bicyclic) bond motifs is 1. The number of nitrogens with zero attached hydrogens (tertiary/aromatic N) is 2. The topological polar surface area (TPSA) is 27.1 Å². The second-order valence-corrected chi connectivity index (χ2v) is 7.16. The van der Waals surface area contributed by atoms with E-state index in [1.54, 1.807) is 20.2 Å². The van der Waals surface area contributed by atoms with Crippen LogP contribution in [0.5, 0.6) is 5.75 Å². The van der Waals surface area contributed by atoms with Gasteiger partial charge in [0.15, 0.2) is 0 Å². The maximum atomic E-state index is 13.0. The van der Waals surface area contributed by atoms with Gasteiger partial charge in [0.25, 0.3) is 0 Å². The van der Waals surface area contributed by atoms with Gasteiger partial charge in [-0.15, -0.1) is 0 Å². The Kier molecular flexibility index (Phi) is 5.18. The van der Waals surface area contributed by atoms with Crippen LogP contribution in [0.2, 0.25) is 0 Å². The molecule has 3 aromatic rings. The Morgan fingerprint density at radius 3 is 2.41 bits per heavy atom. The van der Waals surface area contributed by atoms with Crippen LogP contribution in [0.4, 0.5) is 13.2 Å². The quantitative estimate of drug-likeness (QED) is 0.539. The molecular weight excluding hydrogens is 353 g/mol. The lowest BCUT2D eigenvalue weighted by Crippen LogP contribution is -2.05. The highest BCUT2D eigenvalue weighted by Crippen LogP contribution is 2.40. The molecule has 0 saturated carbocycles. The van der Waals surface area contributed by atoms with Crippen LogP contribution >= 0.6 is 0 Å². The minimum absolute atomic E-state index is 0.551.